The molecule has 0 aliphatic rings. The van der Waals surface area contributed by atoms with E-state index >= 15 is 0 Å². The van der Waals surface area contributed by atoms with E-state index in [9.17, 15) is 10.2 Å². The van der Waals surface area contributed by atoms with E-state index in [1.54, 1.807) is 18.2 Å². The van der Waals surface area contributed by atoms with Gasteiger partial charge in [0.2, 0.25) is 0 Å². The molecular formula is C31H54O2. The zero-order valence-electron chi connectivity index (χ0n) is 21.8. The van der Waals surface area contributed by atoms with Crippen molar-refractivity contribution in [3.05, 3.63) is 35.9 Å². The van der Waals surface area contributed by atoms with Crippen molar-refractivity contribution in [2.45, 2.75) is 148 Å². The summed E-state index contributed by atoms with van der Waals surface area (Å²) in [7, 11) is 0. The van der Waals surface area contributed by atoms with Crippen LogP contribution in [0.25, 0.3) is 0 Å². The molecule has 0 fully saturated rings. The van der Waals surface area contributed by atoms with Crippen LogP contribution in [0.1, 0.15) is 147 Å². The van der Waals surface area contributed by atoms with Crippen molar-refractivity contribution in [2.24, 2.45) is 0 Å². The third kappa shape index (κ3) is 17.7. The van der Waals surface area contributed by atoms with Crippen LogP contribution in [0, 0.1) is 0 Å². The first kappa shape index (κ1) is 29.6. The molecule has 2 N–H and O–H groups in total. The molecule has 0 atom stereocenters. The van der Waals surface area contributed by atoms with Gasteiger partial charge in [-0.2, -0.15) is 0 Å². The normalized spacial score (nSPS) is 11.5. The fourth-order valence-corrected chi connectivity index (χ4v) is 4.61. The molecule has 0 radical (unpaired) electrons. The van der Waals surface area contributed by atoms with Crippen LogP contribution in [0.3, 0.4) is 0 Å². The van der Waals surface area contributed by atoms with Crippen LogP contribution in [0.5, 0.6) is 11.5 Å². The zero-order valence-corrected chi connectivity index (χ0v) is 21.8. The van der Waals surface area contributed by atoms with Gasteiger partial charge in [0, 0.05) is 5.56 Å². The van der Waals surface area contributed by atoms with Gasteiger partial charge in [0.1, 0.15) is 11.5 Å². The fourth-order valence-electron chi connectivity index (χ4n) is 4.61. The number of unbranched alkanes of at least 4 members (excludes halogenated alkanes) is 19. The van der Waals surface area contributed by atoms with Crippen LogP contribution >= 0.6 is 0 Å². The molecular weight excluding hydrogens is 404 g/mol. The maximum Gasteiger partial charge on any atom is 0.122 e. The van der Waals surface area contributed by atoms with Crippen LogP contribution in [0.2, 0.25) is 0 Å². The maximum absolute atomic E-state index is 9.79. The van der Waals surface area contributed by atoms with Gasteiger partial charge in [-0.1, -0.05) is 128 Å². The highest BCUT2D eigenvalue weighted by molar-refractivity contribution is 5.42. The summed E-state index contributed by atoms with van der Waals surface area (Å²) in [6.45, 7) is 2.29. The molecule has 0 aliphatic carbocycles. The van der Waals surface area contributed by atoms with E-state index in [2.05, 4.69) is 19.1 Å². The van der Waals surface area contributed by atoms with E-state index in [4.69, 9.17) is 0 Å². The van der Waals surface area contributed by atoms with E-state index < -0.39 is 0 Å². The van der Waals surface area contributed by atoms with Crippen LogP contribution in [0.15, 0.2) is 30.4 Å². The van der Waals surface area contributed by atoms with Crippen molar-refractivity contribution in [3.63, 3.8) is 0 Å². The summed E-state index contributed by atoms with van der Waals surface area (Å²) < 4.78 is 0. The van der Waals surface area contributed by atoms with Crippen molar-refractivity contribution in [3.8, 4) is 11.5 Å². The number of aromatic hydroxyl groups is 2. The number of benzene rings is 1. The van der Waals surface area contributed by atoms with Gasteiger partial charge >= 0.3 is 0 Å². The lowest BCUT2D eigenvalue weighted by atomic mass is 10.0. The molecule has 190 valence electrons. The smallest absolute Gasteiger partial charge is 0.122 e. The Morgan fingerprint density at radius 1 is 0.515 bits per heavy atom. The molecule has 1 rings (SSSR count). The predicted octanol–water partition coefficient (Wildman–Crippen LogP) is 10.4. The summed E-state index contributed by atoms with van der Waals surface area (Å²) in [4.78, 5) is 0. The van der Waals surface area contributed by atoms with E-state index in [0.717, 1.165) is 25.7 Å². The minimum Gasteiger partial charge on any atom is -0.508 e. The predicted molar refractivity (Wildman–Crippen MR) is 145 cm³/mol. The quantitative estimate of drug-likeness (QED) is 0.126. The highest BCUT2D eigenvalue weighted by Gasteiger charge is 2.05. The Morgan fingerprint density at radius 3 is 1.30 bits per heavy atom. The second-order valence-corrected chi connectivity index (χ2v) is 9.94. The first-order chi connectivity index (χ1) is 16.3. The highest BCUT2D eigenvalue weighted by Crippen LogP contribution is 2.28. The Labute approximate surface area is 205 Å². The maximum atomic E-state index is 9.79. The van der Waals surface area contributed by atoms with Gasteiger partial charge in [-0.3, -0.25) is 0 Å². The minimum absolute atomic E-state index is 0.212. The molecule has 0 amide bonds. The second-order valence-electron chi connectivity index (χ2n) is 9.94. The largest absolute Gasteiger partial charge is 0.508 e. The SMILES string of the molecule is CCCCCCCCCCCCCCCCCCCC=CCCCCc1c(O)cccc1O. The molecule has 33 heavy (non-hydrogen) atoms. The Balaban J connectivity index is 1.76. The van der Waals surface area contributed by atoms with Gasteiger partial charge in [-0.15, -0.1) is 0 Å². The molecule has 0 heterocycles. The second kappa shape index (κ2) is 22.4. The van der Waals surface area contributed by atoms with Gasteiger partial charge in [0.05, 0.1) is 0 Å². The summed E-state index contributed by atoms with van der Waals surface area (Å²) in [5.41, 5.74) is 0.685. The van der Waals surface area contributed by atoms with Crippen molar-refractivity contribution in [2.75, 3.05) is 0 Å². The number of phenols is 2. The average molecular weight is 459 g/mol. The number of allylic oxidation sites excluding steroid dienone is 2. The number of hydrogen-bond acceptors (Lipinski definition) is 2. The third-order valence-corrected chi connectivity index (χ3v) is 6.82. The fraction of sp³-hybridized carbons (Fsp3) is 0.742. The molecule has 0 aliphatic heterocycles. The first-order valence-corrected chi connectivity index (χ1v) is 14.4. The van der Waals surface area contributed by atoms with Gasteiger partial charge in [-0.05, 0) is 50.7 Å². The van der Waals surface area contributed by atoms with Crippen LogP contribution in [-0.4, -0.2) is 10.2 Å². The lowest BCUT2D eigenvalue weighted by Crippen LogP contribution is -1.87. The van der Waals surface area contributed by atoms with Crippen molar-refractivity contribution >= 4 is 0 Å². The summed E-state index contributed by atoms with van der Waals surface area (Å²) in [5.74, 6) is 0.425. The summed E-state index contributed by atoms with van der Waals surface area (Å²) in [5, 5.41) is 19.6. The van der Waals surface area contributed by atoms with Gasteiger partial charge in [0.25, 0.3) is 0 Å². The van der Waals surface area contributed by atoms with Crippen LogP contribution in [0.4, 0.5) is 0 Å². The molecule has 1 aromatic carbocycles. The number of hydrogen-bond donors (Lipinski definition) is 2. The summed E-state index contributed by atoms with van der Waals surface area (Å²) in [6, 6.07) is 4.97. The van der Waals surface area contributed by atoms with E-state index in [0.29, 0.717) is 5.56 Å². The van der Waals surface area contributed by atoms with E-state index in [-0.39, 0.29) is 11.5 Å². The highest BCUT2D eigenvalue weighted by atomic mass is 16.3. The number of phenolic OH excluding ortho intramolecular Hbond substituents is 2. The molecule has 2 nitrogen and oxygen atoms in total. The standard InChI is InChI=1S/C31H54O2/c1-2-3-4-5-6-7-8-9-10-11-12-13-14-15-16-17-18-19-20-21-22-23-24-26-29-30(32)27-25-28-31(29)33/h20-21,25,27-28,32-33H,2-19,22-24,26H2,1H3. The van der Waals surface area contributed by atoms with E-state index in [1.807, 2.05) is 0 Å². The van der Waals surface area contributed by atoms with Gasteiger partial charge in [-0.25, -0.2) is 0 Å². The Bertz CT molecular complexity index is 558. The van der Waals surface area contributed by atoms with Crippen molar-refractivity contribution in [1.82, 2.24) is 0 Å². The van der Waals surface area contributed by atoms with Gasteiger partial charge < -0.3 is 10.2 Å². The lowest BCUT2D eigenvalue weighted by Gasteiger charge is -2.06. The monoisotopic (exact) mass is 458 g/mol. The first-order valence-electron chi connectivity index (χ1n) is 14.4. The summed E-state index contributed by atoms with van der Waals surface area (Å²) in [6.07, 6.45) is 34.0. The van der Waals surface area contributed by atoms with Crippen molar-refractivity contribution < 1.29 is 10.2 Å². The molecule has 2 heteroatoms. The van der Waals surface area contributed by atoms with Crippen LogP contribution < -0.4 is 0 Å². The molecule has 0 aromatic heterocycles. The Kier molecular flexibility index (Phi) is 20.0. The van der Waals surface area contributed by atoms with Crippen LogP contribution in [-0.2, 0) is 6.42 Å². The zero-order chi connectivity index (χ0) is 23.8. The average Bonchev–Trinajstić information content (AvgIpc) is 2.81. The molecule has 0 spiro atoms. The van der Waals surface area contributed by atoms with Gasteiger partial charge in [0.15, 0.2) is 0 Å². The molecule has 0 saturated heterocycles. The molecule has 0 saturated carbocycles. The molecule has 1 aromatic rings. The Hall–Kier alpha value is -1.44. The molecule has 0 bridgehead atoms. The lowest BCUT2D eigenvalue weighted by molar-refractivity contribution is 0.436. The summed E-state index contributed by atoms with van der Waals surface area (Å²) >= 11 is 0. The third-order valence-electron chi connectivity index (χ3n) is 6.82. The number of rotatable bonds is 23. The Morgan fingerprint density at radius 2 is 0.879 bits per heavy atom. The molecule has 0 unspecified atom stereocenters. The minimum atomic E-state index is 0.212. The van der Waals surface area contributed by atoms with E-state index in [1.165, 1.54) is 116 Å². The van der Waals surface area contributed by atoms with Crippen molar-refractivity contribution in [1.29, 1.82) is 0 Å². The topological polar surface area (TPSA) is 40.5 Å².